The van der Waals surface area contributed by atoms with Gasteiger partial charge in [0.05, 0.1) is 22.3 Å². The van der Waals surface area contributed by atoms with Crippen LogP contribution in [0.4, 0.5) is 21.9 Å². The largest absolute Gasteiger partial charge is 0.399 e. The lowest BCUT2D eigenvalue weighted by molar-refractivity contribution is 0.262. The number of nitriles is 1. The molecule has 2 amide bonds. The van der Waals surface area contributed by atoms with Crippen molar-refractivity contribution in [2.24, 2.45) is 0 Å². The van der Waals surface area contributed by atoms with Crippen LogP contribution in [0.3, 0.4) is 0 Å². The third kappa shape index (κ3) is 3.40. The van der Waals surface area contributed by atoms with Gasteiger partial charge in [-0.2, -0.15) is 5.26 Å². The van der Waals surface area contributed by atoms with E-state index in [2.05, 4.69) is 10.6 Å². The molecule has 0 aliphatic carbocycles. The Balaban J connectivity index is 2.08. The van der Waals surface area contributed by atoms with Gasteiger partial charge < -0.3 is 16.4 Å². The molecule has 0 saturated heterocycles. The number of hydrogen-bond acceptors (Lipinski definition) is 3. The summed E-state index contributed by atoms with van der Waals surface area (Å²) >= 11 is 5.95. The molecule has 0 radical (unpaired) electrons. The van der Waals surface area contributed by atoms with Crippen LogP contribution in [0.1, 0.15) is 5.56 Å². The molecule has 0 bridgehead atoms. The minimum absolute atomic E-state index is 0.358. The lowest BCUT2D eigenvalue weighted by atomic mass is 10.2. The van der Waals surface area contributed by atoms with Crippen LogP contribution in [0.2, 0.25) is 5.02 Å². The predicted molar refractivity (Wildman–Crippen MR) is 79.7 cm³/mol. The number of carbonyl (C=O) groups is 1. The molecule has 4 N–H and O–H groups in total. The maximum Gasteiger partial charge on any atom is 0.323 e. The summed E-state index contributed by atoms with van der Waals surface area (Å²) in [6, 6.07) is 12.9. The van der Waals surface area contributed by atoms with Crippen LogP contribution in [0.25, 0.3) is 0 Å². The topological polar surface area (TPSA) is 90.9 Å². The molecular weight excluding hydrogens is 276 g/mol. The Hall–Kier alpha value is -2.71. The Morgan fingerprint density at radius 1 is 1.15 bits per heavy atom. The summed E-state index contributed by atoms with van der Waals surface area (Å²) in [4.78, 5) is 11.8. The van der Waals surface area contributed by atoms with Crippen molar-refractivity contribution in [3.63, 3.8) is 0 Å². The van der Waals surface area contributed by atoms with Crippen molar-refractivity contribution in [3.05, 3.63) is 53.1 Å². The standard InChI is InChI=1S/C14H11ClN4O/c15-12-6-1-9(8-16)7-13(12)19-14(20)18-11-4-2-10(17)3-5-11/h1-7H,17H2,(H2,18,19,20). The molecule has 5 nitrogen and oxygen atoms in total. The molecule has 6 heteroatoms. The minimum Gasteiger partial charge on any atom is -0.399 e. The van der Waals surface area contributed by atoms with Crippen molar-refractivity contribution in [3.8, 4) is 6.07 Å². The number of nitrogens with two attached hydrogens (primary N) is 1. The monoisotopic (exact) mass is 286 g/mol. The van der Waals surface area contributed by atoms with E-state index in [0.717, 1.165) is 0 Å². The molecule has 2 aromatic rings. The van der Waals surface area contributed by atoms with Gasteiger partial charge in [-0.25, -0.2) is 4.79 Å². The molecule has 2 aromatic carbocycles. The summed E-state index contributed by atoms with van der Waals surface area (Å²) in [5.41, 5.74) is 7.56. The first-order chi connectivity index (χ1) is 9.58. The summed E-state index contributed by atoms with van der Waals surface area (Å²) in [7, 11) is 0. The molecular formula is C14H11ClN4O. The average molecular weight is 287 g/mol. The Morgan fingerprint density at radius 2 is 1.85 bits per heavy atom. The van der Waals surface area contributed by atoms with Crippen LogP contribution in [0, 0.1) is 11.3 Å². The van der Waals surface area contributed by atoms with Crippen molar-refractivity contribution in [2.45, 2.75) is 0 Å². The average Bonchev–Trinajstić information content (AvgIpc) is 2.44. The number of anilines is 3. The van der Waals surface area contributed by atoms with Gasteiger partial charge in [-0.05, 0) is 42.5 Å². The third-order valence-corrected chi connectivity index (χ3v) is 2.84. The molecule has 20 heavy (non-hydrogen) atoms. The van der Waals surface area contributed by atoms with Crippen LogP contribution in [-0.4, -0.2) is 6.03 Å². The molecule has 0 heterocycles. The number of nitrogens with one attached hydrogen (secondary N) is 2. The number of nitrogen functional groups attached to an aromatic ring is 1. The fourth-order valence-corrected chi connectivity index (χ4v) is 1.71. The first-order valence-electron chi connectivity index (χ1n) is 5.71. The fraction of sp³-hybridized carbons (Fsp3) is 0. The minimum atomic E-state index is -0.452. The van der Waals surface area contributed by atoms with Gasteiger partial charge in [0.1, 0.15) is 0 Å². The van der Waals surface area contributed by atoms with Gasteiger partial charge in [0.2, 0.25) is 0 Å². The second-order valence-corrected chi connectivity index (χ2v) is 4.41. The van der Waals surface area contributed by atoms with Crippen molar-refractivity contribution < 1.29 is 4.79 Å². The van der Waals surface area contributed by atoms with Crippen molar-refractivity contribution in [1.29, 1.82) is 5.26 Å². The molecule has 100 valence electrons. The number of nitrogens with zero attached hydrogens (tertiary/aromatic N) is 1. The zero-order valence-corrected chi connectivity index (χ0v) is 11.1. The SMILES string of the molecule is N#Cc1ccc(Cl)c(NC(=O)Nc2ccc(N)cc2)c1. The summed E-state index contributed by atoms with van der Waals surface area (Å²) in [6.45, 7) is 0. The fourth-order valence-electron chi connectivity index (χ4n) is 1.54. The van der Waals surface area contributed by atoms with Crippen LogP contribution >= 0.6 is 11.6 Å². The molecule has 0 saturated carbocycles. The van der Waals surface area contributed by atoms with Crippen molar-refractivity contribution in [1.82, 2.24) is 0 Å². The molecule has 0 atom stereocenters. The first kappa shape index (κ1) is 13.7. The van der Waals surface area contributed by atoms with E-state index in [1.807, 2.05) is 6.07 Å². The van der Waals surface area contributed by atoms with Crippen LogP contribution in [0.15, 0.2) is 42.5 Å². The van der Waals surface area contributed by atoms with Gasteiger partial charge in [-0.15, -0.1) is 0 Å². The summed E-state index contributed by atoms with van der Waals surface area (Å²) in [5, 5.41) is 14.4. The second-order valence-electron chi connectivity index (χ2n) is 4.01. The lowest BCUT2D eigenvalue weighted by Crippen LogP contribution is -2.19. The first-order valence-corrected chi connectivity index (χ1v) is 6.09. The zero-order chi connectivity index (χ0) is 14.5. The third-order valence-electron chi connectivity index (χ3n) is 2.51. The summed E-state index contributed by atoms with van der Waals surface area (Å²) in [6.07, 6.45) is 0. The molecule has 0 aromatic heterocycles. The molecule has 0 aliphatic heterocycles. The normalized spacial score (nSPS) is 9.60. The van der Waals surface area contributed by atoms with Crippen LogP contribution in [-0.2, 0) is 0 Å². The Bertz CT molecular complexity index is 677. The number of amides is 2. The number of urea groups is 1. The molecule has 0 aliphatic rings. The number of hydrogen-bond donors (Lipinski definition) is 3. The van der Waals surface area contributed by atoms with Crippen molar-refractivity contribution >= 4 is 34.7 Å². The highest BCUT2D eigenvalue weighted by Crippen LogP contribution is 2.23. The van der Waals surface area contributed by atoms with E-state index in [1.54, 1.807) is 36.4 Å². The second kappa shape index (κ2) is 5.95. The predicted octanol–water partition coefficient (Wildman–Crippen LogP) is 3.44. The molecule has 0 spiro atoms. The summed E-state index contributed by atoms with van der Waals surface area (Å²) < 4.78 is 0. The smallest absolute Gasteiger partial charge is 0.323 e. The van der Waals surface area contributed by atoms with Gasteiger partial charge in [-0.1, -0.05) is 11.6 Å². The number of benzene rings is 2. The Morgan fingerprint density at radius 3 is 2.50 bits per heavy atom. The van der Waals surface area contributed by atoms with Crippen LogP contribution in [0.5, 0.6) is 0 Å². The Labute approximate surface area is 121 Å². The highest BCUT2D eigenvalue weighted by atomic mass is 35.5. The molecule has 2 rings (SSSR count). The van der Waals surface area contributed by atoms with E-state index in [1.165, 1.54) is 6.07 Å². The van der Waals surface area contributed by atoms with Gasteiger partial charge in [0.25, 0.3) is 0 Å². The molecule has 0 fully saturated rings. The maximum absolute atomic E-state index is 11.8. The van der Waals surface area contributed by atoms with Crippen LogP contribution < -0.4 is 16.4 Å². The van der Waals surface area contributed by atoms with E-state index in [-0.39, 0.29) is 0 Å². The Kier molecular flexibility index (Phi) is 4.08. The number of halogens is 1. The highest BCUT2D eigenvalue weighted by molar-refractivity contribution is 6.33. The van der Waals surface area contributed by atoms with Gasteiger partial charge >= 0.3 is 6.03 Å². The van der Waals surface area contributed by atoms with E-state index in [4.69, 9.17) is 22.6 Å². The van der Waals surface area contributed by atoms with E-state index in [0.29, 0.717) is 27.6 Å². The number of rotatable bonds is 2. The summed E-state index contributed by atoms with van der Waals surface area (Å²) in [5.74, 6) is 0. The maximum atomic E-state index is 11.8. The lowest BCUT2D eigenvalue weighted by Gasteiger charge is -2.09. The van der Waals surface area contributed by atoms with Gasteiger partial charge in [0.15, 0.2) is 0 Å². The van der Waals surface area contributed by atoms with E-state index in [9.17, 15) is 4.79 Å². The van der Waals surface area contributed by atoms with E-state index >= 15 is 0 Å². The molecule has 0 unspecified atom stereocenters. The highest BCUT2D eigenvalue weighted by Gasteiger charge is 2.07. The van der Waals surface area contributed by atoms with Gasteiger partial charge in [-0.3, -0.25) is 0 Å². The number of carbonyl (C=O) groups excluding carboxylic acids is 1. The quantitative estimate of drug-likeness (QED) is 0.739. The van der Waals surface area contributed by atoms with E-state index < -0.39 is 6.03 Å². The van der Waals surface area contributed by atoms with Crippen molar-refractivity contribution in [2.75, 3.05) is 16.4 Å². The zero-order valence-electron chi connectivity index (χ0n) is 10.4. The van der Waals surface area contributed by atoms with Gasteiger partial charge in [0, 0.05) is 11.4 Å².